The Morgan fingerprint density at radius 1 is 1.24 bits per heavy atom. The summed E-state index contributed by atoms with van der Waals surface area (Å²) < 4.78 is 0. The Balaban J connectivity index is 1.61. The number of nitrogens with one attached hydrogen (secondary N) is 2. The summed E-state index contributed by atoms with van der Waals surface area (Å²) in [5.74, 6) is -0.0690. The summed E-state index contributed by atoms with van der Waals surface area (Å²) in [6.45, 7) is 0.530. The van der Waals surface area contributed by atoms with Crippen molar-refractivity contribution < 1.29 is 9.59 Å². The number of carbonyl (C=O) groups excluding carboxylic acids is 2. The van der Waals surface area contributed by atoms with Crippen LogP contribution in [-0.4, -0.2) is 38.8 Å². The highest BCUT2D eigenvalue weighted by Gasteiger charge is 2.41. The van der Waals surface area contributed by atoms with Crippen LogP contribution in [0, 0.1) is 0 Å². The highest BCUT2D eigenvalue weighted by Crippen LogP contribution is 2.26. The second-order valence-electron chi connectivity index (χ2n) is 5.96. The van der Waals surface area contributed by atoms with Gasteiger partial charge in [0.15, 0.2) is 0 Å². The number of rotatable bonds is 4. The normalized spacial score (nSPS) is 24.6. The van der Waals surface area contributed by atoms with E-state index in [0.29, 0.717) is 6.54 Å². The Morgan fingerprint density at radius 2 is 2.00 bits per heavy atom. The number of hydrogen-bond donors (Lipinski definition) is 2. The second kappa shape index (κ2) is 6.39. The lowest BCUT2D eigenvalue weighted by Gasteiger charge is -2.25. The van der Waals surface area contributed by atoms with E-state index in [1.807, 2.05) is 0 Å². The molecule has 2 amide bonds. The summed E-state index contributed by atoms with van der Waals surface area (Å²) in [5.41, 5.74) is 0.920. The van der Waals surface area contributed by atoms with Crippen molar-refractivity contribution in [3.05, 3.63) is 18.2 Å². The Kier molecular flexibility index (Phi) is 4.34. The molecule has 3 rings (SSSR count). The molecule has 0 aromatic carbocycles. The van der Waals surface area contributed by atoms with Gasteiger partial charge in [-0.1, -0.05) is 25.7 Å². The molecule has 1 saturated carbocycles. The molecule has 2 aliphatic rings. The van der Waals surface area contributed by atoms with Gasteiger partial charge in [-0.05, 0) is 12.8 Å². The zero-order chi connectivity index (χ0) is 14.7. The monoisotopic (exact) mass is 290 g/mol. The van der Waals surface area contributed by atoms with Crippen LogP contribution in [0.5, 0.6) is 0 Å². The maximum atomic E-state index is 12.5. The fraction of sp³-hybridized carbons (Fsp3) is 0.667. The van der Waals surface area contributed by atoms with Crippen LogP contribution < -0.4 is 5.32 Å². The van der Waals surface area contributed by atoms with Crippen LogP contribution >= 0.6 is 0 Å². The van der Waals surface area contributed by atoms with Gasteiger partial charge < -0.3 is 4.98 Å². The molecular weight excluding hydrogens is 268 g/mol. The number of likely N-dealkylation sites (tertiary alicyclic amines) is 1. The number of imidazole rings is 1. The molecule has 1 aliphatic heterocycles. The van der Waals surface area contributed by atoms with Gasteiger partial charge in [0, 0.05) is 24.5 Å². The van der Waals surface area contributed by atoms with Gasteiger partial charge in [-0.3, -0.25) is 19.8 Å². The lowest BCUT2D eigenvalue weighted by molar-refractivity contribution is -0.141. The predicted octanol–water partition coefficient (Wildman–Crippen LogP) is 1.35. The molecule has 1 aromatic heterocycles. The molecule has 1 atom stereocenters. The van der Waals surface area contributed by atoms with E-state index in [4.69, 9.17) is 0 Å². The molecule has 1 unspecified atom stereocenters. The minimum atomic E-state index is -0.385. The predicted molar refractivity (Wildman–Crippen MR) is 77.2 cm³/mol. The second-order valence-corrected chi connectivity index (χ2v) is 5.96. The first-order chi connectivity index (χ1) is 10.3. The number of aromatic nitrogens is 2. The summed E-state index contributed by atoms with van der Waals surface area (Å²) in [7, 11) is 0. The molecule has 1 aliphatic carbocycles. The Hall–Kier alpha value is -1.69. The van der Waals surface area contributed by atoms with Gasteiger partial charge in [0.05, 0.1) is 18.8 Å². The van der Waals surface area contributed by atoms with E-state index in [0.717, 1.165) is 31.4 Å². The maximum absolute atomic E-state index is 12.5. The summed E-state index contributed by atoms with van der Waals surface area (Å²) in [4.78, 5) is 33.2. The number of carbonyl (C=O) groups is 2. The number of aromatic amines is 1. The van der Waals surface area contributed by atoms with Crippen LogP contribution in [0.3, 0.4) is 0 Å². The smallest absolute Gasteiger partial charge is 0.247 e. The van der Waals surface area contributed by atoms with Crippen molar-refractivity contribution in [2.45, 2.75) is 63.6 Å². The molecule has 0 bridgehead atoms. The summed E-state index contributed by atoms with van der Waals surface area (Å²) in [5, 5.41) is 3.17. The van der Waals surface area contributed by atoms with E-state index in [2.05, 4.69) is 15.3 Å². The van der Waals surface area contributed by atoms with Crippen LogP contribution in [0.2, 0.25) is 0 Å². The van der Waals surface area contributed by atoms with Gasteiger partial charge in [0.25, 0.3) is 0 Å². The van der Waals surface area contributed by atoms with Crippen molar-refractivity contribution in [1.29, 1.82) is 0 Å². The molecule has 2 heterocycles. The fourth-order valence-corrected chi connectivity index (χ4v) is 3.32. The molecular formula is C15H22N4O2. The number of hydrogen-bond acceptors (Lipinski definition) is 4. The van der Waals surface area contributed by atoms with Crippen molar-refractivity contribution in [3.63, 3.8) is 0 Å². The fourth-order valence-electron chi connectivity index (χ4n) is 3.32. The van der Waals surface area contributed by atoms with E-state index >= 15 is 0 Å². The first-order valence-corrected chi connectivity index (χ1v) is 7.82. The van der Waals surface area contributed by atoms with Gasteiger partial charge >= 0.3 is 0 Å². The third kappa shape index (κ3) is 3.15. The van der Waals surface area contributed by atoms with Crippen LogP contribution in [0.1, 0.15) is 50.6 Å². The van der Waals surface area contributed by atoms with Crippen molar-refractivity contribution in [3.8, 4) is 0 Å². The van der Waals surface area contributed by atoms with E-state index < -0.39 is 0 Å². The summed E-state index contributed by atoms with van der Waals surface area (Å²) >= 11 is 0. The minimum Gasteiger partial charge on any atom is -0.347 e. The van der Waals surface area contributed by atoms with Gasteiger partial charge in [0.2, 0.25) is 11.8 Å². The summed E-state index contributed by atoms with van der Waals surface area (Å²) in [6.07, 6.45) is 10.2. The van der Waals surface area contributed by atoms with E-state index in [-0.39, 0.29) is 30.3 Å². The van der Waals surface area contributed by atoms with Crippen LogP contribution in [0.25, 0.3) is 0 Å². The van der Waals surface area contributed by atoms with Gasteiger partial charge in [-0.15, -0.1) is 0 Å². The van der Waals surface area contributed by atoms with Crippen LogP contribution in [0.15, 0.2) is 12.5 Å². The number of imide groups is 1. The lowest BCUT2D eigenvalue weighted by atomic mass is 10.1. The number of nitrogens with zero attached hydrogens (tertiary/aromatic N) is 2. The van der Waals surface area contributed by atoms with Crippen LogP contribution in [0.4, 0.5) is 0 Å². The minimum absolute atomic E-state index is 0.0194. The Labute approximate surface area is 124 Å². The maximum Gasteiger partial charge on any atom is 0.247 e. The van der Waals surface area contributed by atoms with Crippen molar-refractivity contribution in [2.24, 2.45) is 0 Å². The molecule has 1 saturated heterocycles. The van der Waals surface area contributed by atoms with E-state index in [9.17, 15) is 9.59 Å². The zero-order valence-electron chi connectivity index (χ0n) is 12.2. The quantitative estimate of drug-likeness (QED) is 0.648. The van der Waals surface area contributed by atoms with Crippen LogP contribution in [-0.2, 0) is 16.1 Å². The van der Waals surface area contributed by atoms with E-state index in [1.54, 1.807) is 12.5 Å². The molecule has 6 heteroatoms. The number of H-pyrrole nitrogens is 1. The number of amides is 2. The molecule has 21 heavy (non-hydrogen) atoms. The standard InChI is InChI=1S/C15H22N4O2/c20-14-7-13(17-9-11-8-16-10-18-11)15(21)19(14)12-5-3-1-2-4-6-12/h8,10,12-13,17H,1-7,9H2,(H,16,18). The average molecular weight is 290 g/mol. The molecule has 114 valence electrons. The Bertz CT molecular complexity index is 492. The third-order valence-electron chi connectivity index (χ3n) is 4.47. The zero-order valence-corrected chi connectivity index (χ0v) is 12.2. The van der Waals surface area contributed by atoms with Gasteiger partial charge in [0.1, 0.15) is 0 Å². The molecule has 2 N–H and O–H groups in total. The molecule has 2 fully saturated rings. The van der Waals surface area contributed by atoms with Gasteiger partial charge in [-0.2, -0.15) is 0 Å². The van der Waals surface area contributed by atoms with E-state index in [1.165, 1.54) is 17.7 Å². The third-order valence-corrected chi connectivity index (χ3v) is 4.47. The highest BCUT2D eigenvalue weighted by atomic mass is 16.2. The first kappa shape index (κ1) is 14.3. The molecule has 0 radical (unpaired) electrons. The molecule has 1 aromatic rings. The summed E-state index contributed by atoms with van der Waals surface area (Å²) in [6, 6.07) is -0.268. The van der Waals surface area contributed by atoms with Gasteiger partial charge in [-0.25, -0.2) is 4.98 Å². The van der Waals surface area contributed by atoms with Crippen molar-refractivity contribution in [1.82, 2.24) is 20.2 Å². The van der Waals surface area contributed by atoms with Crippen molar-refractivity contribution in [2.75, 3.05) is 0 Å². The molecule has 0 spiro atoms. The SMILES string of the molecule is O=C1CC(NCc2cnc[nH]2)C(=O)N1C1CCCCCC1. The Morgan fingerprint density at radius 3 is 2.67 bits per heavy atom. The largest absolute Gasteiger partial charge is 0.347 e. The lowest BCUT2D eigenvalue weighted by Crippen LogP contribution is -2.43. The first-order valence-electron chi connectivity index (χ1n) is 7.82. The average Bonchev–Trinajstić information content (AvgIpc) is 2.98. The van der Waals surface area contributed by atoms with Crippen molar-refractivity contribution >= 4 is 11.8 Å². The topological polar surface area (TPSA) is 78.1 Å². The molecule has 6 nitrogen and oxygen atoms in total. The highest BCUT2D eigenvalue weighted by molar-refractivity contribution is 6.05.